The van der Waals surface area contributed by atoms with E-state index in [2.05, 4.69) is 15.3 Å². The fourth-order valence-electron chi connectivity index (χ4n) is 4.71. The standard InChI is InChI=1S/C35H29F4N3O3S/c1-34(2,3)30-15-14-29(46-30)32(43)42-28(33(44)45)16-20-4-6-22(7-5-20)31-40-18-24(19-41-31)26-13-10-23(17-27(26)36)21-8-11-25(12-9-21)35(37,38)39/h4-15,17-19,28H,16H2,1-3H3,(H,42,43)(H,44,45)/t28-/m0/s1. The van der Waals surface area contributed by atoms with Gasteiger partial charge in [0.25, 0.3) is 5.91 Å². The first kappa shape index (κ1) is 32.5. The van der Waals surface area contributed by atoms with Crippen molar-refractivity contribution in [2.24, 2.45) is 0 Å². The van der Waals surface area contributed by atoms with Gasteiger partial charge >= 0.3 is 12.1 Å². The Balaban J connectivity index is 1.25. The highest BCUT2D eigenvalue weighted by molar-refractivity contribution is 7.14. The van der Waals surface area contributed by atoms with Crippen LogP contribution in [0.2, 0.25) is 0 Å². The fraction of sp³-hybridized carbons (Fsp3) is 0.200. The molecule has 0 spiro atoms. The Kier molecular flexibility index (Phi) is 9.07. The summed E-state index contributed by atoms with van der Waals surface area (Å²) in [5.74, 6) is -1.80. The van der Waals surface area contributed by atoms with E-state index in [-0.39, 0.29) is 17.4 Å². The van der Waals surface area contributed by atoms with Gasteiger partial charge in [-0.3, -0.25) is 4.79 Å². The third kappa shape index (κ3) is 7.48. The summed E-state index contributed by atoms with van der Waals surface area (Å²) in [6, 6.07) is 18.3. The summed E-state index contributed by atoms with van der Waals surface area (Å²) in [5.41, 5.74) is 1.96. The minimum atomic E-state index is -4.45. The van der Waals surface area contributed by atoms with Gasteiger partial charge in [-0.1, -0.05) is 69.3 Å². The van der Waals surface area contributed by atoms with Gasteiger partial charge in [0.1, 0.15) is 11.9 Å². The number of alkyl halides is 3. The molecule has 6 nitrogen and oxygen atoms in total. The number of carbonyl (C=O) groups excluding carboxylic acids is 1. The SMILES string of the molecule is CC(C)(C)c1ccc(C(=O)N[C@@H](Cc2ccc(-c3ncc(-c4ccc(-c5ccc(C(F)(F)F)cc5)cc4F)cn3)cc2)C(=O)O)s1. The number of amides is 1. The molecule has 0 fully saturated rings. The van der Waals surface area contributed by atoms with Crippen molar-refractivity contribution in [2.75, 3.05) is 0 Å². The fourth-order valence-corrected chi connectivity index (χ4v) is 5.68. The molecule has 0 saturated carbocycles. The quantitative estimate of drug-likeness (QED) is 0.165. The molecule has 2 heterocycles. The van der Waals surface area contributed by atoms with Gasteiger partial charge in [0.05, 0.1) is 10.4 Å². The molecule has 3 aromatic carbocycles. The van der Waals surface area contributed by atoms with Crippen LogP contribution in [-0.4, -0.2) is 33.0 Å². The van der Waals surface area contributed by atoms with Gasteiger partial charge < -0.3 is 10.4 Å². The summed E-state index contributed by atoms with van der Waals surface area (Å²) >= 11 is 1.34. The monoisotopic (exact) mass is 647 g/mol. The summed E-state index contributed by atoms with van der Waals surface area (Å²) in [6.07, 6.45) is -1.44. The van der Waals surface area contributed by atoms with Gasteiger partial charge in [-0.15, -0.1) is 11.3 Å². The molecule has 11 heteroatoms. The van der Waals surface area contributed by atoms with Gasteiger partial charge in [-0.2, -0.15) is 13.2 Å². The number of nitrogens with zero attached hydrogens (tertiary/aromatic N) is 2. The lowest BCUT2D eigenvalue weighted by molar-refractivity contribution is -0.139. The highest BCUT2D eigenvalue weighted by Gasteiger charge is 2.30. The lowest BCUT2D eigenvalue weighted by Gasteiger charge is -2.16. The van der Waals surface area contributed by atoms with Crippen LogP contribution in [0.4, 0.5) is 17.6 Å². The molecule has 46 heavy (non-hydrogen) atoms. The third-order valence-corrected chi connectivity index (χ3v) is 8.81. The molecule has 0 bridgehead atoms. The Morgan fingerprint density at radius 1 is 0.826 bits per heavy atom. The number of benzene rings is 3. The van der Waals surface area contributed by atoms with Crippen LogP contribution in [0.1, 0.15) is 46.4 Å². The summed E-state index contributed by atoms with van der Waals surface area (Å²) in [7, 11) is 0. The Morgan fingerprint density at radius 2 is 1.43 bits per heavy atom. The van der Waals surface area contributed by atoms with Crippen molar-refractivity contribution in [1.29, 1.82) is 0 Å². The molecular weight excluding hydrogens is 618 g/mol. The molecule has 0 radical (unpaired) electrons. The predicted octanol–water partition coefficient (Wildman–Crippen LogP) is 8.42. The minimum absolute atomic E-state index is 0.0698. The van der Waals surface area contributed by atoms with Crippen molar-refractivity contribution in [3.05, 3.63) is 118 Å². The summed E-state index contributed by atoms with van der Waals surface area (Å²) in [6.45, 7) is 6.12. The number of aromatic nitrogens is 2. The van der Waals surface area contributed by atoms with Gasteiger partial charge in [0.15, 0.2) is 5.82 Å². The van der Waals surface area contributed by atoms with Gasteiger partial charge in [-0.05, 0) is 52.4 Å². The van der Waals surface area contributed by atoms with E-state index in [1.807, 2.05) is 26.8 Å². The van der Waals surface area contributed by atoms with E-state index in [9.17, 15) is 27.9 Å². The largest absolute Gasteiger partial charge is 0.480 e. The van der Waals surface area contributed by atoms with Crippen molar-refractivity contribution < 1.29 is 32.3 Å². The van der Waals surface area contributed by atoms with Crippen molar-refractivity contribution in [3.63, 3.8) is 0 Å². The minimum Gasteiger partial charge on any atom is -0.480 e. The maximum atomic E-state index is 15.0. The van der Waals surface area contributed by atoms with Gasteiger partial charge in [-0.25, -0.2) is 19.2 Å². The first-order valence-electron chi connectivity index (χ1n) is 14.2. The van der Waals surface area contributed by atoms with Crippen molar-refractivity contribution >= 4 is 23.2 Å². The van der Waals surface area contributed by atoms with Crippen LogP contribution >= 0.6 is 11.3 Å². The lowest BCUT2D eigenvalue weighted by Crippen LogP contribution is -2.42. The molecule has 0 unspecified atom stereocenters. The number of halogens is 4. The number of carbonyl (C=O) groups is 2. The van der Waals surface area contributed by atoms with E-state index >= 15 is 4.39 Å². The second kappa shape index (κ2) is 12.8. The smallest absolute Gasteiger partial charge is 0.416 e. The molecule has 236 valence electrons. The molecule has 1 amide bonds. The zero-order valence-corrected chi connectivity index (χ0v) is 25.8. The van der Waals surface area contributed by atoms with Crippen LogP contribution in [0, 0.1) is 5.82 Å². The molecule has 0 saturated heterocycles. The molecule has 1 atom stereocenters. The molecule has 5 aromatic rings. The molecule has 2 aromatic heterocycles. The lowest BCUT2D eigenvalue weighted by atomic mass is 9.95. The van der Waals surface area contributed by atoms with Crippen LogP contribution < -0.4 is 5.32 Å². The Bertz CT molecular complexity index is 1860. The molecular formula is C35H29F4N3O3S. The average molecular weight is 648 g/mol. The number of nitrogens with one attached hydrogen (secondary N) is 1. The zero-order valence-electron chi connectivity index (χ0n) is 25.0. The number of aliphatic carboxylic acids is 1. The Labute approximate surface area is 266 Å². The molecule has 5 rings (SSSR count). The summed E-state index contributed by atoms with van der Waals surface area (Å²) in [4.78, 5) is 34.9. The van der Waals surface area contributed by atoms with Crippen LogP contribution in [0.15, 0.2) is 91.3 Å². The Morgan fingerprint density at radius 3 is 1.98 bits per heavy atom. The van der Waals surface area contributed by atoms with Crippen molar-refractivity contribution in [2.45, 2.75) is 44.8 Å². The number of hydrogen-bond donors (Lipinski definition) is 2. The van der Waals surface area contributed by atoms with E-state index in [1.165, 1.54) is 48.0 Å². The summed E-state index contributed by atoms with van der Waals surface area (Å²) < 4.78 is 53.6. The van der Waals surface area contributed by atoms with Crippen LogP contribution in [0.5, 0.6) is 0 Å². The number of hydrogen-bond acceptors (Lipinski definition) is 5. The second-order valence-corrected chi connectivity index (χ2v) is 12.8. The molecule has 0 aliphatic heterocycles. The Hall–Kier alpha value is -4.90. The number of carboxylic acid groups (broad SMARTS) is 1. The first-order valence-corrected chi connectivity index (χ1v) is 15.0. The van der Waals surface area contributed by atoms with Crippen LogP contribution in [0.25, 0.3) is 33.6 Å². The normalized spacial score (nSPS) is 12.5. The molecule has 2 N–H and O–H groups in total. The second-order valence-electron chi connectivity index (χ2n) is 11.7. The van der Waals surface area contributed by atoms with E-state index in [1.54, 1.807) is 36.4 Å². The maximum Gasteiger partial charge on any atom is 0.416 e. The average Bonchev–Trinajstić information content (AvgIpc) is 3.53. The van der Waals surface area contributed by atoms with Gasteiger partial charge in [0.2, 0.25) is 0 Å². The first-order chi connectivity index (χ1) is 21.7. The van der Waals surface area contributed by atoms with E-state index < -0.39 is 35.5 Å². The maximum absolute atomic E-state index is 15.0. The third-order valence-electron chi connectivity index (χ3n) is 7.30. The predicted molar refractivity (Wildman–Crippen MR) is 169 cm³/mol. The van der Waals surface area contributed by atoms with Crippen LogP contribution in [0.3, 0.4) is 0 Å². The topological polar surface area (TPSA) is 92.2 Å². The number of thiophene rings is 1. The van der Waals surface area contributed by atoms with Crippen LogP contribution in [-0.2, 0) is 22.8 Å². The molecule has 0 aliphatic rings. The van der Waals surface area contributed by atoms with E-state index in [0.29, 0.717) is 38.5 Å². The van der Waals surface area contributed by atoms with Gasteiger partial charge in [0, 0.05) is 40.4 Å². The highest BCUT2D eigenvalue weighted by Crippen LogP contribution is 2.33. The summed E-state index contributed by atoms with van der Waals surface area (Å²) in [5, 5.41) is 12.4. The number of rotatable bonds is 8. The van der Waals surface area contributed by atoms with Crippen molar-refractivity contribution in [3.8, 4) is 33.6 Å². The zero-order chi connectivity index (χ0) is 33.2. The van der Waals surface area contributed by atoms with E-state index in [4.69, 9.17) is 0 Å². The molecule has 0 aliphatic carbocycles. The number of carboxylic acids is 1. The van der Waals surface area contributed by atoms with E-state index in [0.717, 1.165) is 17.0 Å². The van der Waals surface area contributed by atoms with Crippen molar-refractivity contribution in [1.82, 2.24) is 15.3 Å². The highest BCUT2D eigenvalue weighted by atomic mass is 32.1.